The van der Waals surface area contributed by atoms with Crippen molar-refractivity contribution in [2.75, 3.05) is 27.3 Å². The minimum Gasteiger partial charge on any atom is -0.493 e. The lowest BCUT2D eigenvalue weighted by Gasteiger charge is -2.19. The van der Waals surface area contributed by atoms with Gasteiger partial charge in [-0.25, -0.2) is 9.78 Å². The Balaban J connectivity index is 1.64. The lowest BCUT2D eigenvalue weighted by Crippen LogP contribution is -2.41. The molecule has 2 N–H and O–H groups in total. The summed E-state index contributed by atoms with van der Waals surface area (Å²) in [6.07, 6.45) is 5.91. The number of hydrogen-bond donors (Lipinski definition) is 2. The summed E-state index contributed by atoms with van der Waals surface area (Å²) in [5, 5.41) is 3.98. The molecular formula is C23H26N4O3. The van der Waals surface area contributed by atoms with Gasteiger partial charge in [0.05, 0.1) is 14.2 Å². The molecule has 156 valence electrons. The molecule has 0 bridgehead atoms. The normalized spacial score (nSPS) is 13.6. The number of rotatable bonds is 5. The Kier molecular flexibility index (Phi) is 5.35. The van der Waals surface area contributed by atoms with Crippen LogP contribution in [0.25, 0.3) is 27.7 Å². The van der Waals surface area contributed by atoms with Gasteiger partial charge in [0, 0.05) is 48.0 Å². The molecule has 4 rings (SSSR count). The van der Waals surface area contributed by atoms with Gasteiger partial charge in [0.25, 0.3) is 0 Å². The van der Waals surface area contributed by atoms with Crippen molar-refractivity contribution in [2.24, 2.45) is 0 Å². The van der Waals surface area contributed by atoms with E-state index in [1.54, 1.807) is 19.1 Å². The zero-order valence-corrected chi connectivity index (χ0v) is 17.7. The van der Waals surface area contributed by atoms with Crippen molar-refractivity contribution in [3.63, 3.8) is 0 Å². The fraction of sp³-hybridized carbons (Fsp3) is 0.304. The van der Waals surface area contributed by atoms with Crippen LogP contribution in [0.15, 0.2) is 42.7 Å². The molecule has 0 fully saturated rings. The molecule has 30 heavy (non-hydrogen) atoms. The number of hydrogen-bond acceptors (Lipinski definition) is 4. The topological polar surface area (TPSA) is 79.5 Å². The number of carbonyl (C=O) groups excluding carboxylic acids is 1. The van der Waals surface area contributed by atoms with Gasteiger partial charge in [-0.15, -0.1) is 0 Å². The number of pyridine rings is 1. The predicted octanol–water partition coefficient (Wildman–Crippen LogP) is 4.06. The fourth-order valence-corrected chi connectivity index (χ4v) is 3.69. The molecule has 1 aliphatic heterocycles. The third kappa shape index (κ3) is 3.70. The van der Waals surface area contributed by atoms with E-state index in [1.807, 2.05) is 44.4 Å². The van der Waals surface area contributed by atoms with Gasteiger partial charge in [0.2, 0.25) is 0 Å². The first kappa shape index (κ1) is 19.8. The highest BCUT2D eigenvalue weighted by molar-refractivity contribution is 5.95. The van der Waals surface area contributed by atoms with E-state index in [0.29, 0.717) is 24.6 Å². The number of fused-ring (bicyclic) bond motifs is 1. The maximum Gasteiger partial charge on any atom is 0.318 e. The molecule has 0 atom stereocenters. The molecule has 0 unspecified atom stereocenters. The molecule has 1 aliphatic rings. The zero-order valence-electron chi connectivity index (χ0n) is 17.7. The first-order valence-electron chi connectivity index (χ1n) is 9.94. The Hall–Kier alpha value is -3.48. The van der Waals surface area contributed by atoms with Gasteiger partial charge >= 0.3 is 6.03 Å². The maximum atomic E-state index is 12.3. The Morgan fingerprint density at radius 3 is 2.70 bits per heavy atom. The molecule has 0 saturated carbocycles. The summed E-state index contributed by atoms with van der Waals surface area (Å²) in [5.41, 5.74) is 4.98. The van der Waals surface area contributed by atoms with Gasteiger partial charge in [-0.05, 0) is 43.2 Å². The van der Waals surface area contributed by atoms with Crippen LogP contribution in [0.2, 0.25) is 0 Å². The smallest absolute Gasteiger partial charge is 0.318 e. The van der Waals surface area contributed by atoms with Crippen LogP contribution in [0.3, 0.4) is 0 Å². The third-order valence-corrected chi connectivity index (χ3v) is 5.21. The molecule has 3 heterocycles. The highest BCUT2D eigenvalue weighted by Gasteiger charge is 2.22. The number of carbonyl (C=O) groups is 1. The Bertz CT molecular complexity index is 1120. The zero-order chi connectivity index (χ0) is 21.3. The molecule has 0 radical (unpaired) electrons. The maximum absolute atomic E-state index is 12.3. The molecule has 0 saturated heterocycles. The molecule has 3 aromatic rings. The number of nitrogens with zero attached hydrogens (tertiary/aromatic N) is 2. The van der Waals surface area contributed by atoms with Crippen molar-refractivity contribution in [1.29, 1.82) is 0 Å². The van der Waals surface area contributed by atoms with Crippen molar-refractivity contribution < 1.29 is 14.3 Å². The summed E-state index contributed by atoms with van der Waals surface area (Å²) < 4.78 is 10.8. The molecule has 7 nitrogen and oxygen atoms in total. The Labute approximate surface area is 175 Å². The summed E-state index contributed by atoms with van der Waals surface area (Å²) in [7, 11) is 3.25. The van der Waals surface area contributed by atoms with Crippen LogP contribution >= 0.6 is 0 Å². The molecule has 0 spiro atoms. The first-order chi connectivity index (χ1) is 14.5. The van der Waals surface area contributed by atoms with Crippen LogP contribution in [-0.4, -0.2) is 54.2 Å². The van der Waals surface area contributed by atoms with E-state index in [1.165, 1.54) is 0 Å². The van der Waals surface area contributed by atoms with Gasteiger partial charge in [-0.3, -0.25) is 0 Å². The Morgan fingerprint density at radius 2 is 1.97 bits per heavy atom. The number of amides is 2. The molecule has 2 aromatic heterocycles. The molecular weight excluding hydrogens is 380 g/mol. The van der Waals surface area contributed by atoms with Gasteiger partial charge in [-0.1, -0.05) is 12.1 Å². The highest BCUT2D eigenvalue weighted by atomic mass is 16.5. The van der Waals surface area contributed by atoms with Gasteiger partial charge in [0.1, 0.15) is 5.65 Å². The van der Waals surface area contributed by atoms with Gasteiger partial charge < -0.3 is 24.7 Å². The summed E-state index contributed by atoms with van der Waals surface area (Å²) in [6, 6.07) is 8.02. The van der Waals surface area contributed by atoms with Crippen molar-refractivity contribution in [3.05, 3.63) is 48.3 Å². The van der Waals surface area contributed by atoms with Crippen LogP contribution in [0, 0.1) is 0 Å². The van der Waals surface area contributed by atoms with Crippen molar-refractivity contribution in [2.45, 2.75) is 19.9 Å². The minimum absolute atomic E-state index is 0.0415. The monoisotopic (exact) mass is 406 g/mol. The standard InChI is InChI=1S/C23H26N4O3/c1-14(2)26-23(28)27-8-7-16(13-27)19-12-25-22-18(19)9-17(11-24-22)15-5-6-20(29-3)21(10-15)30-4/h5-7,9-12,14H,8,13H2,1-4H3,(H,24,25)(H,26,28). The van der Waals surface area contributed by atoms with Gasteiger partial charge in [0.15, 0.2) is 11.5 Å². The van der Waals surface area contributed by atoms with Crippen molar-refractivity contribution in [1.82, 2.24) is 20.2 Å². The number of benzene rings is 1. The largest absolute Gasteiger partial charge is 0.493 e. The molecule has 1 aromatic carbocycles. The van der Waals surface area contributed by atoms with Gasteiger partial charge in [-0.2, -0.15) is 0 Å². The van der Waals surface area contributed by atoms with Crippen molar-refractivity contribution in [3.8, 4) is 22.6 Å². The first-order valence-corrected chi connectivity index (χ1v) is 9.94. The summed E-state index contributed by atoms with van der Waals surface area (Å²) in [5.74, 6) is 1.36. The molecule has 2 amide bonds. The van der Waals surface area contributed by atoms with E-state index in [4.69, 9.17) is 9.47 Å². The van der Waals surface area contributed by atoms with Crippen LogP contribution in [0.1, 0.15) is 19.4 Å². The van der Waals surface area contributed by atoms with Crippen LogP contribution in [0.4, 0.5) is 4.79 Å². The fourth-order valence-electron chi connectivity index (χ4n) is 3.69. The number of aromatic nitrogens is 2. The number of ether oxygens (including phenoxy) is 2. The van der Waals surface area contributed by atoms with E-state index in [-0.39, 0.29) is 12.1 Å². The average molecular weight is 406 g/mol. The van der Waals surface area contributed by atoms with E-state index in [2.05, 4.69) is 27.4 Å². The minimum atomic E-state index is -0.0415. The lowest BCUT2D eigenvalue weighted by molar-refractivity contribution is 0.208. The number of aromatic amines is 1. The summed E-state index contributed by atoms with van der Waals surface area (Å²) >= 11 is 0. The average Bonchev–Trinajstić information content (AvgIpc) is 3.39. The summed E-state index contributed by atoms with van der Waals surface area (Å²) in [4.78, 5) is 22.0. The summed E-state index contributed by atoms with van der Waals surface area (Å²) in [6.45, 7) is 5.10. The van der Waals surface area contributed by atoms with Crippen LogP contribution < -0.4 is 14.8 Å². The number of nitrogens with one attached hydrogen (secondary N) is 2. The lowest BCUT2D eigenvalue weighted by atomic mass is 10.0. The van der Waals surface area contributed by atoms with Crippen LogP contribution in [-0.2, 0) is 0 Å². The highest BCUT2D eigenvalue weighted by Crippen LogP contribution is 2.34. The van der Waals surface area contributed by atoms with E-state index in [9.17, 15) is 4.79 Å². The number of H-pyrrole nitrogens is 1. The second-order valence-electron chi connectivity index (χ2n) is 7.61. The number of urea groups is 1. The van der Waals surface area contributed by atoms with Crippen LogP contribution in [0.5, 0.6) is 11.5 Å². The third-order valence-electron chi connectivity index (χ3n) is 5.21. The van der Waals surface area contributed by atoms with E-state index in [0.717, 1.165) is 33.3 Å². The van der Waals surface area contributed by atoms with E-state index < -0.39 is 0 Å². The Morgan fingerprint density at radius 1 is 1.17 bits per heavy atom. The van der Waals surface area contributed by atoms with Crippen molar-refractivity contribution >= 4 is 22.6 Å². The molecule has 7 heteroatoms. The molecule has 0 aliphatic carbocycles. The van der Waals surface area contributed by atoms with E-state index >= 15 is 0 Å². The second-order valence-corrected chi connectivity index (χ2v) is 7.61. The second kappa shape index (κ2) is 8.10. The quantitative estimate of drug-likeness (QED) is 0.670. The number of methoxy groups -OCH3 is 2. The SMILES string of the molecule is COc1ccc(-c2cnc3[nH]cc(C4=CCN(C(=O)NC(C)C)C4)c3c2)cc1OC. The predicted molar refractivity (Wildman–Crippen MR) is 118 cm³/mol.